The molecule has 0 aliphatic carbocycles. The molecular weight excluding hydrogens is 347 g/mol. The fourth-order valence-corrected chi connectivity index (χ4v) is 2.35. The Kier molecular flexibility index (Phi) is 4.18. The van der Waals surface area contributed by atoms with E-state index in [2.05, 4.69) is 25.1 Å². The molecule has 10 heteroatoms. The van der Waals surface area contributed by atoms with Gasteiger partial charge < -0.3 is 10.1 Å². The van der Waals surface area contributed by atoms with Crippen LogP contribution < -0.4 is 10.1 Å². The van der Waals surface area contributed by atoms with Crippen LogP contribution in [0.5, 0.6) is 5.75 Å². The summed E-state index contributed by atoms with van der Waals surface area (Å²) >= 11 is 6.02. The third-order valence-electron chi connectivity index (χ3n) is 3.10. The van der Waals surface area contributed by atoms with Crippen molar-refractivity contribution in [3.8, 4) is 5.75 Å². The molecule has 3 aromatic rings. The molecule has 0 spiro atoms. The molecule has 0 unspecified atom stereocenters. The number of nitrogens with zero attached hydrogens (tertiary/aromatic N) is 4. The van der Waals surface area contributed by atoms with Gasteiger partial charge in [0.1, 0.15) is 17.9 Å². The van der Waals surface area contributed by atoms with Crippen molar-refractivity contribution < 1.29 is 17.9 Å². The van der Waals surface area contributed by atoms with Crippen LogP contribution in [0.25, 0.3) is 5.78 Å². The molecule has 0 fully saturated rings. The Morgan fingerprint density at radius 1 is 1.29 bits per heavy atom. The number of fused-ring (bicyclic) bond motifs is 1. The number of aryl methyl sites for hydroxylation is 1. The maximum Gasteiger partial charge on any atom is 0.573 e. The molecule has 0 saturated carbocycles. The number of alkyl halides is 3. The van der Waals surface area contributed by atoms with Crippen LogP contribution in [0.1, 0.15) is 11.3 Å². The quantitative estimate of drug-likeness (QED) is 0.773. The zero-order chi connectivity index (χ0) is 17.3. The Balaban J connectivity index is 1.78. The molecular formula is C14H11ClF3N5O. The van der Waals surface area contributed by atoms with E-state index in [9.17, 15) is 13.2 Å². The normalized spacial score (nSPS) is 11.7. The van der Waals surface area contributed by atoms with Gasteiger partial charge in [-0.1, -0.05) is 17.7 Å². The third-order valence-corrected chi connectivity index (χ3v) is 3.45. The van der Waals surface area contributed by atoms with Crippen LogP contribution in [0.4, 0.5) is 19.0 Å². The molecule has 0 atom stereocenters. The maximum absolute atomic E-state index is 12.2. The van der Waals surface area contributed by atoms with Crippen LogP contribution in [0.3, 0.4) is 0 Å². The van der Waals surface area contributed by atoms with Crippen molar-refractivity contribution in [3.63, 3.8) is 0 Å². The number of halogens is 4. The largest absolute Gasteiger partial charge is 0.573 e. The van der Waals surface area contributed by atoms with Gasteiger partial charge in [-0.15, -0.1) is 13.2 Å². The summed E-state index contributed by atoms with van der Waals surface area (Å²) in [5, 5.41) is 7.32. The molecule has 0 amide bonds. The Morgan fingerprint density at radius 2 is 2.08 bits per heavy atom. The second kappa shape index (κ2) is 6.16. The lowest BCUT2D eigenvalue weighted by molar-refractivity contribution is -0.274. The summed E-state index contributed by atoms with van der Waals surface area (Å²) in [6.45, 7) is 2.10. The number of benzene rings is 1. The molecule has 0 saturated heterocycles. The van der Waals surface area contributed by atoms with Gasteiger partial charge in [-0.05, 0) is 24.6 Å². The van der Waals surface area contributed by atoms with Crippen LogP contribution in [0.15, 0.2) is 30.6 Å². The zero-order valence-corrected chi connectivity index (χ0v) is 13.1. The molecule has 0 aliphatic heterocycles. The van der Waals surface area contributed by atoms with E-state index in [4.69, 9.17) is 11.6 Å². The SMILES string of the molecule is Cc1cc(NCc2ccc(OC(F)(F)F)cc2Cl)n2ncnc2n1. The van der Waals surface area contributed by atoms with Crippen molar-refractivity contribution in [2.45, 2.75) is 19.8 Å². The average Bonchev–Trinajstić information content (AvgIpc) is 2.92. The minimum Gasteiger partial charge on any atom is -0.406 e. The van der Waals surface area contributed by atoms with E-state index >= 15 is 0 Å². The zero-order valence-electron chi connectivity index (χ0n) is 12.3. The minimum absolute atomic E-state index is 0.157. The van der Waals surface area contributed by atoms with E-state index in [0.29, 0.717) is 17.2 Å². The lowest BCUT2D eigenvalue weighted by atomic mass is 10.2. The summed E-state index contributed by atoms with van der Waals surface area (Å²) in [5.74, 6) is 0.717. The number of hydrogen-bond donors (Lipinski definition) is 1. The van der Waals surface area contributed by atoms with Crippen LogP contribution in [0, 0.1) is 6.92 Å². The van der Waals surface area contributed by atoms with E-state index in [1.165, 1.54) is 23.0 Å². The Hall–Kier alpha value is -2.55. The van der Waals surface area contributed by atoms with Crippen LogP contribution in [-0.2, 0) is 6.54 Å². The van der Waals surface area contributed by atoms with Crippen LogP contribution >= 0.6 is 11.6 Å². The van der Waals surface area contributed by atoms with E-state index in [0.717, 1.165) is 11.8 Å². The van der Waals surface area contributed by atoms with Gasteiger partial charge in [-0.25, -0.2) is 4.98 Å². The molecule has 0 radical (unpaired) electrons. The van der Waals surface area contributed by atoms with Gasteiger partial charge in [0.15, 0.2) is 0 Å². The number of anilines is 1. The van der Waals surface area contributed by atoms with Crippen molar-refractivity contribution in [2.75, 3.05) is 5.32 Å². The highest BCUT2D eigenvalue weighted by molar-refractivity contribution is 6.31. The summed E-state index contributed by atoms with van der Waals surface area (Å²) < 4.78 is 41.9. The Labute approximate surface area is 139 Å². The first-order chi connectivity index (χ1) is 11.3. The predicted molar refractivity (Wildman–Crippen MR) is 81.0 cm³/mol. The Morgan fingerprint density at radius 3 is 2.79 bits per heavy atom. The summed E-state index contributed by atoms with van der Waals surface area (Å²) in [4.78, 5) is 8.22. The van der Waals surface area contributed by atoms with Gasteiger partial charge in [0, 0.05) is 23.3 Å². The second-order valence-corrected chi connectivity index (χ2v) is 5.32. The second-order valence-electron chi connectivity index (χ2n) is 4.91. The van der Waals surface area contributed by atoms with Crippen molar-refractivity contribution in [1.29, 1.82) is 0 Å². The van der Waals surface area contributed by atoms with Crippen molar-refractivity contribution in [2.24, 2.45) is 0 Å². The number of rotatable bonds is 4. The first-order valence-corrected chi connectivity index (χ1v) is 7.15. The van der Waals surface area contributed by atoms with Crippen molar-refractivity contribution in [3.05, 3.63) is 46.9 Å². The highest BCUT2D eigenvalue weighted by Gasteiger charge is 2.31. The molecule has 1 aromatic carbocycles. The van der Waals surface area contributed by atoms with E-state index in [1.807, 2.05) is 6.92 Å². The smallest absolute Gasteiger partial charge is 0.406 e. The lowest BCUT2D eigenvalue weighted by Crippen LogP contribution is -2.17. The van der Waals surface area contributed by atoms with E-state index in [1.54, 1.807) is 6.07 Å². The van der Waals surface area contributed by atoms with Crippen LogP contribution in [0.2, 0.25) is 5.02 Å². The Bertz CT molecular complexity index is 880. The van der Waals surface area contributed by atoms with E-state index in [-0.39, 0.29) is 17.3 Å². The molecule has 126 valence electrons. The number of aromatic nitrogens is 4. The summed E-state index contributed by atoms with van der Waals surface area (Å²) in [5.41, 5.74) is 1.35. The van der Waals surface area contributed by atoms with Gasteiger partial charge in [0.05, 0.1) is 0 Å². The topological polar surface area (TPSA) is 64.3 Å². The number of hydrogen-bond acceptors (Lipinski definition) is 5. The fourth-order valence-electron chi connectivity index (χ4n) is 2.11. The highest BCUT2D eigenvalue weighted by Crippen LogP contribution is 2.28. The molecule has 2 aromatic heterocycles. The van der Waals surface area contributed by atoms with Gasteiger partial charge in [-0.3, -0.25) is 0 Å². The first-order valence-electron chi connectivity index (χ1n) is 6.77. The van der Waals surface area contributed by atoms with Gasteiger partial charge >= 0.3 is 6.36 Å². The number of ether oxygens (including phenoxy) is 1. The van der Waals surface area contributed by atoms with Gasteiger partial charge in [0.25, 0.3) is 5.78 Å². The molecule has 3 rings (SSSR count). The lowest BCUT2D eigenvalue weighted by Gasteiger charge is -2.12. The predicted octanol–water partition coefficient (Wildman–Crippen LogP) is 3.60. The molecule has 0 aliphatic rings. The molecule has 6 nitrogen and oxygen atoms in total. The van der Waals surface area contributed by atoms with Crippen molar-refractivity contribution in [1.82, 2.24) is 19.6 Å². The average molecular weight is 358 g/mol. The molecule has 2 heterocycles. The first kappa shape index (κ1) is 16.3. The van der Waals surface area contributed by atoms with Crippen molar-refractivity contribution >= 4 is 23.2 Å². The fraction of sp³-hybridized carbons (Fsp3) is 0.214. The summed E-state index contributed by atoms with van der Waals surface area (Å²) in [7, 11) is 0. The van der Waals surface area contributed by atoms with Gasteiger partial charge in [-0.2, -0.15) is 14.6 Å². The number of nitrogens with one attached hydrogen (secondary N) is 1. The van der Waals surface area contributed by atoms with Gasteiger partial charge in [0.2, 0.25) is 0 Å². The monoisotopic (exact) mass is 357 g/mol. The standard InChI is InChI=1S/C14H11ClF3N5O/c1-8-4-12(23-13(22-8)20-7-21-23)19-6-9-2-3-10(5-11(9)15)24-14(16,17)18/h2-5,7,19H,6H2,1H3. The molecule has 0 bridgehead atoms. The maximum atomic E-state index is 12.2. The third kappa shape index (κ3) is 3.67. The summed E-state index contributed by atoms with van der Waals surface area (Å²) in [6, 6.07) is 5.56. The highest BCUT2D eigenvalue weighted by atomic mass is 35.5. The molecule has 24 heavy (non-hydrogen) atoms. The molecule has 1 N–H and O–H groups in total. The van der Waals surface area contributed by atoms with E-state index < -0.39 is 6.36 Å². The summed E-state index contributed by atoms with van der Waals surface area (Å²) in [6.07, 6.45) is -3.38. The van der Waals surface area contributed by atoms with Crippen LogP contribution in [-0.4, -0.2) is 25.9 Å². The minimum atomic E-state index is -4.75.